The van der Waals surface area contributed by atoms with Crippen molar-refractivity contribution in [1.29, 1.82) is 0 Å². The van der Waals surface area contributed by atoms with E-state index >= 15 is 0 Å². The molecule has 2 nitrogen and oxygen atoms in total. The normalized spacial score (nSPS) is 33.8. The van der Waals surface area contributed by atoms with Crippen molar-refractivity contribution >= 4 is 15.9 Å². The van der Waals surface area contributed by atoms with E-state index in [1.54, 1.807) is 0 Å². The van der Waals surface area contributed by atoms with Crippen LogP contribution in [0.2, 0.25) is 0 Å². The highest BCUT2D eigenvalue weighted by atomic mass is 79.9. The Balaban J connectivity index is 2.01. The van der Waals surface area contributed by atoms with Crippen molar-refractivity contribution in [1.82, 2.24) is 0 Å². The second kappa shape index (κ2) is 3.48. The molecule has 1 aliphatic carbocycles. The Kier molecular flexibility index (Phi) is 2.37. The van der Waals surface area contributed by atoms with Gasteiger partial charge in [0.1, 0.15) is 11.4 Å². The Hall–Kier alpha value is -0.540. The van der Waals surface area contributed by atoms with Crippen LogP contribution in [0.3, 0.4) is 0 Å². The molecule has 92 valence electrons. The van der Waals surface area contributed by atoms with Crippen LogP contribution in [-0.4, -0.2) is 5.60 Å². The molecule has 1 fully saturated rings. The summed E-state index contributed by atoms with van der Waals surface area (Å²) < 4.78 is 7.34. The molecule has 0 bridgehead atoms. The summed E-state index contributed by atoms with van der Waals surface area (Å²) in [6, 6.07) is 6.21. The zero-order chi connectivity index (χ0) is 12.3. The highest BCUT2D eigenvalue weighted by Gasteiger charge is 2.57. The first-order valence-electron chi connectivity index (χ1n) is 6.18. The molecule has 0 aromatic heterocycles. The summed E-state index contributed by atoms with van der Waals surface area (Å²) in [4.78, 5) is 0. The summed E-state index contributed by atoms with van der Waals surface area (Å²) in [6.07, 6.45) is 3.41. The van der Waals surface area contributed by atoms with Crippen LogP contribution in [0.1, 0.15) is 44.7 Å². The number of fused-ring (bicyclic) bond motifs is 1. The third-order valence-electron chi connectivity index (χ3n) is 4.59. The number of hydrogen-bond donors (Lipinski definition) is 1. The first kappa shape index (κ1) is 11.5. The average molecular weight is 296 g/mol. The summed E-state index contributed by atoms with van der Waals surface area (Å²) in [5.41, 5.74) is 7.65. The molecule has 0 amide bonds. The molecule has 0 saturated heterocycles. The molecule has 2 N–H and O–H groups in total. The lowest BCUT2D eigenvalue weighted by molar-refractivity contribution is -0.00895. The smallest absolute Gasteiger partial charge is 0.125 e. The molecule has 1 heterocycles. The molecule has 1 aromatic rings. The van der Waals surface area contributed by atoms with E-state index in [0.717, 1.165) is 22.2 Å². The van der Waals surface area contributed by atoms with Crippen LogP contribution in [0.4, 0.5) is 0 Å². The Bertz CT molecular complexity index is 469. The first-order chi connectivity index (χ1) is 7.94. The number of benzene rings is 1. The molecule has 1 saturated carbocycles. The third-order valence-corrected chi connectivity index (χ3v) is 5.09. The van der Waals surface area contributed by atoms with Crippen molar-refractivity contribution in [2.75, 3.05) is 0 Å². The molecule has 3 heteroatoms. The van der Waals surface area contributed by atoms with Crippen LogP contribution in [-0.2, 0) is 0 Å². The van der Waals surface area contributed by atoms with Crippen molar-refractivity contribution in [3.8, 4) is 5.75 Å². The van der Waals surface area contributed by atoms with Crippen molar-refractivity contribution in [2.45, 2.75) is 44.8 Å². The maximum atomic E-state index is 6.31. The van der Waals surface area contributed by atoms with Gasteiger partial charge in [0.2, 0.25) is 0 Å². The van der Waals surface area contributed by atoms with Crippen LogP contribution in [0.25, 0.3) is 0 Å². The molecule has 2 unspecified atom stereocenters. The summed E-state index contributed by atoms with van der Waals surface area (Å²) >= 11 is 3.49. The summed E-state index contributed by atoms with van der Waals surface area (Å²) in [7, 11) is 0. The molecule has 0 radical (unpaired) electrons. The van der Waals surface area contributed by atoms with Crippen molar-refractivity contribution in [2.24, 2.45) is 11.1 Å². The second-order valence-corrected chi connectivity index (χ2v) is 6.80. The van der Waals surface area contributed by atoms with Crippen molar-refractivity contribution in [3.63, 3.8) is 0 Å². The monoisotopic (exact) mass is 295 g/mol. The highest BCUT2D eigenvalue weighted by Crippen LogP contribution is 2.59. The minimum absolute atomic E-state index is 0.0821. The fourth-order valence-electron chi connectivity index (χ4n) is 2.80. The van der Waals surface area contributed by atoms with Crippen LogP contribution in [0, 0.1) is 5.41 Å². The van der Waals surface area contributed by atoms with Crippen LogP contribution >= 0.6 is 15.9 Å². The molecule has 1 aliphatic heterocycles. The van der Waals surface area contributed by atoms with Gasteiger partial charge in [-0.2, -0.15) is 0 Å². The van der Waals surface area contributed by atoms with Gasteiger partial charge in [-0.05, 0) is 38.0 Å². The summed E-state index contributed by atoms with van der Waals surface area (Å²) in [5, 5.41) is 0. The van der Waals surface area contributed by atoms with E-state index in [0.29, 0.717) is 5.41 Å². The van der Waals surface area contributed by atoms with Gasteiger partial charge in [-0.3, -0.25) is 0 Å². The number of rotatable bonds is 1. The summed E-state index contributed by atoms with van der Waals surface area (Å²) in [5.74, 6) is 0.961. The average Bonchev–Trinajstić information content (AvgIpc) is 3.00. The van der Waals surface area contributed by atoms with Gasteiger partial charge in [0.15, 0.2) is 0 Å². The molecule has 17 heavy (non-hydrogen) atoms. The Morgan fingerprint density at radius 2 is 2.06 bits per heavy atom. The Labute approximate surface area is 111 Å². The lowest BCUT2D eigenvalue weighted by Crippen LogP contribution is -2.46. The van der Waals surface area contributed by atoms with Crippen LogP contribution in [0.5, 0.6) is 5.75 Å². The molecule has 3 rings (SSSR count). The largest absolute Gasteiger partial charge is 0.487 e. The van der Waals surface area contributed by atoms with Gasteiger partial charge < -0.3 is 10.5 Å². The highest BCUT2D eigenvalue weighted by molar-refractivity contribution is 9.10. The molecular weight excluding hydrogens is 278 g/mol. The van der Waals surface area contributed by atoms with Gasteiger partial charge in [-0.25, -0.2) is 0 Å². The fraction of sp³-hybridized carbons (Fsp3) is 0.571. The standard InChI is InChI=1S/C14H18BrNO/c1-13(5-6-13)14(2)8-11(16)10-7-9(15)3-4-12(10)17-14/h3-4,7,11H,5-6,8,16H2,1-2H3. The van der Waals surface area contributed by atoms with Crippen molar-refractivity contribution < 1.29 is 4.74 Å². The fourth-order valence-corrected chi connectivity index (χ4v) is 3.18. The van der Waals surface area contributed by atoms with Gasteiger partial charge in [-0.15, -0.1) is 0 Å². The molecule has 2 atom stereocenters. The predicted octanol–water partition coefficient (Wildman–Crippen LogP) is 3.79. The third kappa shape index (κ3) is 1.71. The number of halogens is 1. The van der Waals surface area contributed by atoms with E-state index in [1.807, 2.05) is 12.1 Å². The van der Waals surface area contributed by atoms with E-state index in [9.17, 15) is 0 Å². The van der Waals surface area contributed by atoms with Gasteiger partial charge in [0, 0.05) is 27.9 Å². The van der Waals surface area contributed by atoms with Crippen LogP contribution in [0.15, 0.2) is 22.7 Å². The minimum atomic E-state index is -0.104. The molecular formula is C14H18BrNO. The van der Waals surface area contributed by atoms with E-state index in [4.69, 9.17) is 10.5 Å². The Morgan fingerprint density at radius 1 is 1.35 bits per heavy atom. The van der Waals surface area contributed by atoms with Gasteiger partial charge in [-0.1, -0.05) is 22.9 Å². The van der Waals surface area contributed by atoms with Gasteiger partial charge in [0.25, 0.3) is 0 Å². The lowest BCUT2D eigenvalue weighted by Gasteiger charge is -2.43. The molecule has 2 aliphatic rings. The SMILES string of the molecule is CC1(C2(C)CC(N)c3cc(Br)ccc3O2)CC1. The quantitative estimate of drug-likeness (QED) is 0.855. The van der Waals surface area contributed by atoms with Crippen molar-refractivity contribution in [3.05, 3.63) is 28.2 Å². The van der Waals surface area contributed by atoms with E-state index in [-0.39, 0.29) is 11.6 Å². The maximum Gasteiger partial charge on any atom is 0.125 e. The van der Waals surface area contributed by atoms with E-state index < -0.39 is 0 Å². The number of ether oxygens (including phenoxy) is 1. The molecule has 0 spiro atoms. The molecule has 1 aromatic carbocycles. The topological polar surface area (TPSA) is 35.2 Å². The first-order valence-corrected chi connectivity index (χ1v) is 6.97. The summed E-state index contributed by atoms with van der Waals surface area (Å²) in [6.45, 7) is 4.52. The minimum Gasteiger partial charge on any atom is -0.487 e. The zero-order valence-electron chi connectivity index (χ0n) is 10.3. The Morgan fingerprint density at radius 3 is 2.71 bits per heavy atom. The second-order valence-electron chi connectivity index (χ2n) is 5.89. The number of hydrogen-bond acceptors (Lipinski definition) is 2. The van der Waals surface area contributed by atoms with E-state index in [2.05, 4.69) is 35.8 Å². The van der Waals surface area contributed by atoms with E-state index in [1.165, 1.54) is 12.8 Å². The maximum absolute atomic E-state index is 6.31. The zero-order valence-corrected chi connectivity index (χ0v) is 11.9. The number of nitrogens with two attached hydrogens (primary N) is 1. The van der Waals surface area contributed by atoms with Crippen LogP contribution < -0.4 is 10.5 Å². The predicted molar refractivity (Wildman–Crippen MR) is 72.1 cm³/mol. The van der Waals surface area contributed by atoms with Gasteiger partial charge >= 0.3 is 0 Å². The van der Waals surface area contributed by atoms with Gasteiger partial charge in [0.05, 0.1) is 0 Å². The lowest BCUT2D eigenvalue weighted by atomic mass is 9.78.